The zero-order valence-corrected chi connectivity index (χ0v) is 13.0. The summed E-state index contributed by atoms with van der Waals surface area (Å²) in [4.78, 5) is 0.290. The molecule has 1 aromatic heterocycles. The van der Waals surface area contributed by atoms with Crippen LogP contribution in [0, 0.1) is 0 Å². The largest absolute Gasteiger partial charge is 0.316 e. The molecule has 0 amide bonds. The minimum Gasteiger partial charge on any atom is -0.316 e. The summed E-state index contributed by atoms with van der Waals surface area (Å²) in [6, 6.07) is 5.34. The molecule has 1 unspecified atom stereocenters. The van der Waals surface area contributed by atoms with Crippen LogP contribution in [-0.4, -0.2) is 28.1 Å². The van der Waals surface area contributed by atoms with E-state index < -0.39 is 10.0 Å². The Hall–Kier alpha value is -0.660. The highest BCUT2D eigenvalue weighted by Crippen LogP contribution is 2.31. The lowest BCUT2D eigenvalue weighted by Gasteiger charge is -2.11. The predicted molar refractivity (Wildman–Crippen MR) is 80.5 cm³/mol. The summed E-state index contributed by atoms with van der Waals surface area (Å²) >= 11 is 7.32. The molecule has 1 atom stereocenters. The number of benzene rings is 1. The van der Waals surface area contributed by atoms with Gasteiger partial charge in [0.25, 0.3) is 0 Å². The lowest BCUT2D eigenvalue weighted by Crippen LogP contribution is -2.37. The lowest BCUT2D eigenvalue weighted by molar-refractivity contribution is 0.555. The zero-order valence-electron chi connectivity index (χ0n) is 10.6. The van der Waals surface area contributed by atoms with Crippen molar-refractivity contribution in [1.29, 1.82) is 0 Å². The van der Waals surface area contributed by atoms with Gasteiger partial charge in [-0.2, -0.15) is 0 Å². The molecule has 0 saturated heterocycles. The smallest absolute Gasteiger partial charge is 0.242 e. The maximum atomic E-state index is 12.3. The standard InChI is InChI=1S/C12H15ClN2O2S2/c1-8(14-2)6-15-19(16,17)12-7-18-11-4-3-9(13)5-10(11)12/h3-5,7-8,14-15H,6H2,1-2H3. The van der Waals surface area contributed by atoms with Crippen molar-refractivity contribution in [2.24, 2.45) is 0 Å². The average Bonchev–Trinajstić information content (AvgIpc) is 2.79. The molecule has 0 aliphatic rings. The van der Waals surface area contributed by atoms with Crippen LogP contribution in [0.5, 0.6) is 0 Å². The predicted octanol–water partition coefficient (Wildman–Crippen LogP) is 2.44. The Balaban J connectivity index is 2.35. The van der Waals surface area contributed by atoms with Gasteiger partial charge in [0.1, 0.15) is 4.90 Å². The monoisotopic (exact) mass is 318 g/mol. The zero-order chi connectivity index (χ0) is 14.0. The fraction of sp³-hybridized carbons (Fsp3) is 0.333. The molecule has 4 nitrogen and oxygen atoms in total. The van der Waals surface area contributed by atoms with Crippen LogP contribution >= 0.6 is 22.9 Å². The number of fused-ring (bicyclic) bond motifs is 1. The van der Waals surface area contributed by atoms with Crippen molar-refractivity contribution in [3.63, 3.8) is 0 Å². The minimum absolute atomic E-state index is 0.0725. The van der Waals surface area contributed by atoms with Gasteiger partial charge in [-0.15, -0.1) is 11.3 Å². The van der Waals surface area contributed by atoms with Crippen molar-refractivity contribution in [2.75, 3.05) is 13.6 Å². The van der Waals surface area contributed by atoms with Crippen molar-refractivity contribution in [3.05, 3.63) is 28.6 Å². The van der Waals surface area contributed by atoms with Gasteiger partial charge in [-0.3, -0.25) is 0 Å². The number of likely N-dealkylation sites (N-methyl/N-ethyl adjacent to an activating group) is 1. The normalized spacial score (nSPS) is 13.8. The third-order valence-electron chi connectivity index (χ3n) is 2.86. The second kappa shape index (κ2) is 5.76. The van der Waals surface area contributed by atoms with Gasteiger partial charge in [0.15, 0.2) is 0 Å². The average molecular weight is 319 g/mol. The molecular weight excluding hydrogens is 304 g/mol. The third-order valence-corrected chi connectivity index (χ3v) is 5.67. The van der Waals surface area contributed by atoms with Gasteiger partial charge < -0.3 is 5.32 Å². The van der Waals surface area contributed by atoms with Gasteiger partial charge in [0, 0.05) is 33.1 Å². The van der Waals surface area contributed by atoms with Gasteiger partial charge in [0.05, 0.1) is 0 Å². The van der Waals surface area contributed by atoms with E-state index in [0.29, 0.717) is 21.8 Å². The van der Waals surface area contributed by atoms with E-state index in [1.807, 2.05) is 13.0 Å². The SMILES string of the molecule is CNC(C)CNS(=O)(=O)c1csc2ccc(Cl)cc12. The molecule has 1 heterocycles. The van der Waals surface area contributed by atoms with Gasteiger partial charge in [-0.1, -0.05) is 11.6 Å². The minimum atomic E-state index is -3.50. The topological polar surface area (TPSA) is 58.2 Å². The van der Waals surface area contributed by atoms with E-state index >= 15 is 0 Å². The Labute approximate surface area is 121 Å². The maximum absolute atomic E-state index is 12.3. The summed E-state index contributed by atoms with van der Waals surface area (Å²) in [5.41, 5.74) is 0. The van der Waals surface area contributed by atoms with E-state index in [2.05, 4.69) is 10.0 Å². The molecule has 104 valence electrons. The second-order valence-corrected chi connectivity index (χ2v) is 7.37. The van der Waals surface area contributed by atoms with Crippen LogP contribution in [0.2, 0.25) is 5.02 Å². The molecule has 0 fully saturated rings. The Bertz CT molecular complexity index is 682. The Kier molecular flexibility index (Phi) is 4.47. The fourth-order valence-electron chi connectivity index (χ4n) is 1.60. The van der Waals surface area contributed by atoms with Gasteiger partial charge >= 0.3 is 0 Å². The first-order valence-electron chi connectivity index (χ1n) is 5.77. The van der Waals surface area contributed by atoms with Crippen LogP contribution < -0.4 is 10.0 Å². The molecule has 1 aromatic carbocycles. The molecule has 2 rings (SSSR count). The number of thiophene rings is 1. The first-order chi connectivity index (χ1) is 8.94. The number of rotatable bonds is 5. The number of nitrogens with one attached hydrogen (secondary N) is 2. The molecule has 0 saturated carbocycles. The Morgan fingerprint density at radius 3 is 2.84 bits per heavy atom. The molecule has 19 heavy (non-hydrogen) atoms. The van der Waals surface area contributed by atoms with E-state index in [4.69, 9.17) is 11.6 Å². The highest BCUT2D eigenvalue weighted by molar-refractivity contribution is 7.90. The molecule has 0 bridgehead atoms. The fourth-order valence-corrected chi connectivity index (χ4v) is 4.38. The van der Waals surface area contributed by atoms with Crippen LogP contribution in [0.25, 0.3) is 10.1 Å². The highest BCUT2D eigenvalue weighted by Gasteiger charge is 2.19. The van der Waals surface area contributed by atoms with E-state index in [1.54, 1.807) is 24.6 Å². The molecular formula is C12H15ClN2O2S2. The second-order valence-electron chi connectivity index (χ2n) is 4.28. The van der Waals surface area contributed by atoms with Crippen LogP contribution in [0.15, 0.2) is 28.5 Å². The molecule has 0 aliphatic carbocycles. The lowest BCUT2D eigenvalue weighted by atomic mass is 10.3. The highest BCUT2D eigenvalue weighted by atomic mass is 35.5. The molecule has 0 aliphatic heterocycles. The maximum Gasteiger partial charge on any atom is 0.242 e. The van der Waals surface area contributed by atoms with Gasteiger partial charge in [0.2, 0.25) is 10.0 Å². The third kappa shape index (κ3) is 3.27. The summed E-state index contributed by atoms with van der Waals surface area (Å²) in [6.07, 6.45) is 0. The van der Waals surface area contributed by atoms with Gasteiger partial charge in [-0.05, 0) is 32.2 Å². The summed E-state index contributed by atoms with van der Waals surface area (Å²) in [5.74, 6) is 0. The molecule has 2 N–H and O–H groups in total. The van der Waals surface area contributed by atoms with Gasteiger partial charge in [-0.25, -0.2) is 13.1 Å². The molecule has 0 spiro atoms. The Morgan fingerprint density at radius 2 is 2.16 bits per heavy atom. The first-order valence-corrected chi connectivity index (χ1v) is 8.52. The van der Waals surface area contributed by atoms with E-state index in [9.17, 15) is 8.42 Å². The van der Waals surface area contributed by atoms with Crippen LogP contribution in [0.1, 0.15) is 6.92 Å². The number of hydrogen-bond donors (Lipinski definition) is 2. The van der Waals surface area contributed by atoms with Crippen molar-refractivity contribution >= 4 is 43.0 Å². The molecule has 0 radical (unpaired) electrons. The van der Waals surface area contributed by atoms with E-state index in [0.717, 1.165) is 4.70 Å². The summed E-state index contributed by atoms with van der Waals surface area (Å²) in [6.45, 7) is 2.25. The number of sulfonamides is 1. The Morgan fingerprint density at radius 1 is 1.42 bits per heavy atom. The van der Waals surface area contributed by atoms with Crippen molar-refractivity contribution in [2.45, 2.75) is 17.9 Å². The van der Waals surface area contributed by atoms with Crippen LogP contribution in [-0.2, 0) is 10.0 Å². The molecule has 7 heteroatoms. The number of hydrogen-bond acceptors (Lipinski definition) is 4. The summed E-state index contributed by atoms with van der Waals surface area (Å²) < 4.78 is 28.0. The summed E-state index contributed by atoms with van der Waals surface area (Å²) in [7, 11) is -1.71. The van der Waals surface area contributed by atoms with E-state index in [1.165, 1.54) is 11.3 Å². The quantitative estimate of drug-likeness (QED) is 0.890. The van der Waals surface area contributed by atoms with Crippen molar-refractivity contribution < 1.29 is 8.42 Å². The van der Waals surface area contributed by atoms with Crippen LogP contribution in [0.4, 0.5) is 0 Å². The van der Waals surface area contributed by atoms with E-state index in [-0.39, 0.29) is 6.04 Å². The van der Waals surface area contributed by atoms with Crippen LogP contribution in [0.3, 0.4) is 0 Å². The summed E-state index contributed by atoms with van der Waals surface area (Å²) in [5, 5.41) is 5.83. The first kappa shape index (κ1) is 14.7. The number of halogens is 1. The van der Waals surface area contributed by atoms with Crippen molar-refractivity contribution in [1.82, 2.24) is 10.0 Å². The van der Waals surface area contributed by atoms with Crippen molar-refractivity contribution in [3.8, 4) is 0 Å². The molecule has 2 aromatic rings.